The van der Waals surface area contributed by atoms with Crippen LogP contribution in [0.15, 0.2) is 30.3 Å². The maximum atomic E-state index is 11.5. The van der Waals surface area contributed by atoms with Crippen molar-refractivity contribution in [2.75, 3.05) is 0 Å². The standard InChI is InChI=1S/C20H28O6/c1-13(21)25-16-11-17(26-14(2)22)20(5,23)18(19(16,3)4)24-12-15-9-7-6-8-10-15/h6-10,16-18,23H,11-12H2,1-5H3/t16-,17-,18-,20-/m1/s1. The summed E-state index contributed by atoms with van der Waals surface area (Å²) in [5, 5.41) is 11.2. The van der Waals surface area contributed by atoms with Gasteiger partial charge in [-0.1, -0.05) is 44.2 Å². The molecule has 0 amide bonds. The van der Waals surface area contributed by atoms with Gasteiger partial charge >= 0.3 is 11.9 Å². The Morgan fingerprint density at radius 3 is 2.12 bits per heavy atom. The zero-order chi connectivity index (χ0) is 19.5. The molecule has 1 N–H and O–H groups in total. The van der Waals surface area contributed by atoms with Crippen LogP contribution in [0.25, 0.3) is 0 Å². The summed E-state index contributed by atoms with van der Waals surface area (Å²) < 4.78 is 16.9. The third-order valence-corrected chi connectivity index (χ3v) is 4.99. The quantitative estimate of drug-likeness (QED) is 0.809. The van der Waals surface area contributed by atoms with Gasteiger partial charge in [0.25, 0.3) is 0 Å². The fourth-order valence-electron chi connectivity index (χ4n) is 3.73. The average molecular weight is 364 g/mol. The van der Waals surface area contributed by atoms with Gasteiger partial charge in [0.1, 0.15) is 17.8 Å². The molecule has 6 nitrogen and oxygen atoms in total. The van der Waals surface area contributed by atoms with Gasteiger partial charge in [0, 0.05) is 25.7 Å². The first-order valence-corrected chi connectivity index (χ1v) is 8.77. The summed E-state index contributed by atoms with van der Waals surface area (Å²) >= 11 is 0. The lowest BCUT2D eigenvalue weighted by Gasteiger charge is -2.53. The van der Waals surface area contributed by atoms with Gasteiger partial charge in [-0.3, -0.25) is 9.59 Å². The summed E-state index contributed by atoms with van der Waals surface area (Å²) in [7, 11) is 0. The van der Waals surface area contributed by atoms with E-state index in [1.54, 1.807) is 6.92 Å². The number of carbonyl (C=O) groups excluding carboxylic acids is 2. The highest BCUT2D eigenvalue weighted by Gasteiger charge is 2.59. The third kappa shape index (κ3) is 4.43. The van der Waals surface area contributed by atoms with E-state index in [0.717, 1.165) is 5.56 Å². The van der Waals surface area contributed by atoms with Crippen molar-refractivity contribution < 1.29 is 28.9 Å². The second kappa shape index (κ2) is 7.76. The van der Waals surface area contributed by atoms with Crippen LogP contribution >= 0.6 is 0 Å². The van der Waals surface area contributed by atoms with Crippen LogP contribution in [0.2, 0.25) is 0 Å². The lowest BCUT2D eigenvalue weighted by Crippen LogP contribution is -2.66. The highest BCUT2D eigenvalue weighted by atomic mass is 16.6. The minimum absolute atomic E-state index is 0.213. The van der Waals surface area contributed by atoms with Crippen LogP contribution in [0.5, 0.6) is 0 Å². The van der Waals surface area contributed by atoms with Crippen LogP contribution in [-0.2, 0) is 30.4 Å². The lowest BCUT2D eigenvalue weighted by molar-refractivity contribution is -0.258. The van der Waals surface area contributed by atoms with E-state index in [9.17, 15) is 14.7 Å². The summed E-state index contributed by atoms with van der Waals surface area (Å²) in [5.74, 6) is -0.925. The van der Waals surface area contributed by atoms with Crippen molar-refractivity contribution in [2.24, 2.45) is 5.41 Å². The van der Waals surface area contributed by atoms with E-state index in [-0.39, 0.29) is 13.0 Å². The maximum absolute atomic E-state index is 11.5. The molecule has 26 heavy (non-hydrogen) atoms. The molecule has 0 heterocycles. The van der Waals surface area contributed by atoms with E-state index in [0.29, 0.717) is 0 Å². The fraction of sp³-hybridized carbons (Fsp3) is 0.600. The van der Waals surface area contributed by atoms with E-state index in [4.69, 9.17) is 14.2 Å². The van der Waals surface area contributed by atoms with Gasteiger partial charge in [-0.2, -0.15) is 0 Å². The molecule has 0 aliphatic heterocycles. The molecule has 1 aromatic carbocycles. The van der Waals surface area contributed by atoms with Crippen LogP contribution in [0.3, 0.4) is 0 Å². The normalized spacial score (nSPS) is 30.5. The van der Waals surface area contributed by atoms with E-state index in [1.807, 2.05) is 44.2 Å². The van der Waals surface area contributed by atoms with Crippen LogP contribution < -0.4 is 0 Å². The number of ether oxygens (including phenoxy) is 3. The highest BCUT2D eigenvalue weighted by molar-refractivity contribution is 5.67. The molecule has 6 heteroatoms. The Kier molecular flexibility index (Phi) is 6.09. The van der Waals surface area contributed by atoms with Crippen LogP contribution in [-0.4, -0.2) is 41.0 Å². The summed E-state index contributed by atoms with van der Waals surface area (Å²) in [5.41, 5.74) is -1.15. The number of rotatable bonds is 5. The van der Waals surface area contributed by atoms with Crippen LogP contribution in [0.4, 0.5) is 0 Å². The van der Waals surface area contributed by atoms with E-state index in [2.05, 4.69) is 0 Å². The molecule has 0 aromatic heterocycles. The molecule has 144 valence electrons. The number of hydrogen-bond acceptors (Lipinski definition) is 6. The number of hydrogen-bond donors (Lipinski definition) is 1. The molecule has 1 aliphatic carbocycles. The first-order chi connectivity index (χ1) is 12.0. The largest absolute Gasteiger partial charge is 0.462 e. The smallest absolute Gasteiger partial charge is 0.303 e. The Hall–Kier alpha value is -1.92. The first kappa shape index (κ1) is 20.4. The highest BCUT2D eigenvalue weighted by Crippen LogP contribution is 2.46. The number of carbonyl (C=O) groups is 2. The summed E-state index contributed by atoms with van der Waals surface area (Å²) in [6.07, 6.45) is -1.88. The van der Waals surface area contributed by atoms with Gasteiger partial charge in [0.05, 0.1) is 12.7 Å². The average Bonchev–Trinajstić information content (AvgIpc) is 2.52. The van der Waals surface area contributed by atoms with Crippen molar-refractivity contribution in [3.63, 3.8) is 0 Å². The minimum Gasteiger partial charge on any atom is -0.462 e. The Balaban J connectivity index is 2.30. The van der Waals surface area contributed by atoms with Crippen molar-refractivity contribution in [1.29, 1.82) is 0 Å². The molecular weight excluding hydrogens is 336 g/mol. The molecule has 0 saturated heterocycles. The number of esters is 2. The SMILES string of the molecule is CC(=O)O[C@@H]1C[C@@H](OC(C)=O)[C@@](C)(O)[C@H](OCc2ccccc2)C1(C)C. The zero-order valence-electron chi connectivity index (χ0n) is 16.0. The topological polar surface area (TPSA) is 82.1 Å². The molecule has 1 aromatic rings. The maximum Gasteiger partial charge on any atom is 0.303 e. The molecule has 1 aliphatic rings. The van der Waals surface area contributed by atoms with Crippen LogP contribution in [0.1, 0.15) is 46.6 Å². The molecule has 1 saturated carbocycles. The molecule has 0 radical (unpaired) electrons. The van der Waals surface area contributed by atoms with Gasteiger partial charge in [-0.15, -0.1) is 0 Å². The number of aliphatic hydroxyl groups is 1. The van der Waals surface area contributed by atoms with Crippen molar-refractivity contribution >= 4 is 11.9 Å². The Bertz CT molecular complexity index is 603. The molecular formula is C20H28O6. The molecule has 2 rings (SSSR count). The van der Waals surface area contributed by atoms with Crippen molar-refractivity contribution in [1.82, 2.24) is 0 Å². The summed E-state index contributed by atoms with van der Waals surface area (Å²) in [6, 6.07) is 9.59. The second-order valence-corrected chi connectivity index (χ2v) is 7.66. The second-order valence-electron chi connectivity index (χ2n) is 7.66. The summed E-state index contributed by atoms with van der Waals surface area (Å²) in [4.78, 5) is 23.0. The van der Waals surface area contributed by atoms with Gasteiger partial charge < -0.3 is 19.3 Å². The van der Waals surface area contributed by atoms with E-state index < -0.39 is 41.3 Å². The molecule has 0 bridgehead atoms. The summed E-state index contributed by atoms with van der Waals surface area (Å²) in [6.45, 7) is 8.27. The van der Waals surface area contributed by atoms with Crippen molar-refractivity contribution in [3.8, 4) is 0 Å². The Morgan fingerprint density at radius 1 is 1.04 bits per heavy atom. The minimum atomic E-state index is -1.43. The monoisotopic (exact) mass is 364 g/mol. The molecule has 0 unspecified atom stereocenters. The third-order valence-electron chi connectivity index (χ3n) is 4.99. The van der Waals surface area contributed by atoms with Crippen molar-refractivity contribution in [3.05, 3.63) is 35.9 Å². The predicted molar refractivity (Wildman–Crippen MR) is 95.1 cm³/mol. The fourth-order valence-corrected chi connectivity index (χ4v) is 3.73. The zero-order valence-corrected chi connectivity index (χ0v) is 16.0. The Morgan fingerprint density at radius 2 is 1.58 bits per heavy atom. The van der Waals surface area contributed by atoms with E-state index >= 15 is 0 Å². The van der Waals surface area contributed by atoms with Crippen molar-refractivity contribution in [2.45, 2.75) is 71.6 Å². The van der Waals surface area contributed by atoms with Gasteiger partial charge in [-0.05, 0) is 12.5 Å². The van der Waals surface area contributed by atoms with Gasteiger partial charge in [0.15, 0.2) is 0 Å². The van der Waals surface area contributed by atoms with Gasteiger partial charge in [-0.25, -0.2) is 0 Å². The molecule has 0 spiro atoms. The lowest BCUT2D eigenvalue weighted by atomic mass is 9.64. The van der Waals surface area contributed by atoms with E-state index in [1.165, 1.54) is 13.8 Å². The van der Waals surface area contributed by atoms with Gasteiger partial charge in [0.2, 0.25) is 0 Å². The predicted octanol–water partition coefficient (Wildman–Crippen LogP) is 2.62. The number of benzene rings is 1. The van der Waals surface area contributed by atoms with Crippen LogP contribution in [0, 0.1) is 5.41 Å². The first-order valence-electron chi connectivity index (χ1n) is 8.77. The molecule has 1 fully saturated rings. The Labute approximate surface area is 154 Å². The molecule has 4 atom stereocenters.